The van der Waals surface area contributed by atoms with E-state index in [-0.39, 0.29) is 0 Å². The number of hydrogen-bond acceptors (Lipinski definition) is 4. The third-order valence-electron chi connectivity index (χ3n) is 5.10. The topological polar surface area (TPSA) is 45.5 Å². The van der Waals surface area contributed by atoms with Gasteiger partial charge in [0.05, 0.1) is 44.8 Å². The second kappa shape index (κ2) is 7.71. The van der Waals surface area contributed by atoms with E-state index in [1.165, 1.54) is 11.1 Å². The highest BCUT2D eigenvalue weighted by atomic mass is 32.2. The van der Waals surface area contributed by atoms with E-state index in [9.17, 15) is 4.21 Å². The van der Waals surface area contributed by atoms with Crippen molar-refractivity contribution in [1.29, 1.82) is 0 Å². The summed E-state index contributed by atoms with van der Waals surface area (Å²) in [6, 6.07) is 16.0. The van der Waals surface area contributed by atoms with Crippen molar-refractivity contribution < 1.29 is 8.63 Å². The van der Waals surface area contributed by atoms with Crippen molar-refractivity contribution in [2.24, 2.45) is 0 Å². The lowest BCUT2D eigenvalue weighted by Crippen LogP contribution is -2.28. The molecular weight excluding hydrogens is 356 g/mol. The van der Waals surface area contributed by atoms with E-state index in [1.807, 2.05) is 36.4 Å². The SMILES string of the molecule is Cc1ccc2c(c1C)N(CCCNCc1ccco1)c1ccccc1S2=O. The molecule has 0 fully saturated rings. The highest BCUT2D eigenvalue weighted by molar-refractivity contribution is 7.85. The Bertz CT molecular complexity index is 966. The summed E-state index contributed by atoms with van der Waals surface area (Å²) in [6.07, 6.45) is 2.68. The summed E-state index contributed by atoms with van der Waals surface area (Å²) in [5.41, 5.74) is 4.60. The third-order valence-corrected chi connectivity index (χ3v) is 6.58. The normalized spacial score (nSPS) is 15.5. The fraction of sp³-hybridized carbons (Fsp3) is 0.273. The Kier molecular flexibility index (Phi) is 5.14. The third kappa shape index (κ3) is 3.45. The van der Waals surface area contributed by atoms with Crippen LogP contribution < -0.4 is 10.2 Å². The lowest BCUT2D eigenvalue weighted by atomic mass is 10.1. The summed E-state index contributed by atoms with van der Waals surface area (Å²) in [5, 5.41) is 3.43. The van der Waals surface area contributed by atoms with E-state index < -0.39 is 10.8 Å². The molecule has 2 aromatic carbocycles. The molecule has 0 spiro atoms. The number of furan rings is 1. The number of nitrogens with zero attached hydrogens (tertiary/aromatic N) is 1. The van der Waals surface area contributed by atoms with Gasteiger partial charge in [0.15, 0.2) is 0 Å². The van der Waals surface area contributed by atoms with Crippen LogP contribution in [0.15, 0.2) is 69.0 Å². The van der Waals surface area contributed by atoms with Gasteiger partial charge in [0.25, 0.3) is 0 Å². The molecule has 0 aliphatic carbocycles. The number of benzene rings is 2. The summed E-state index contributed by atoms with van der Waals surface area (Å²) < 4.78 is 18.4. The minimum Gasteiger partial charge on any atom is -0.468 e. The molecule has 27 heavy (non-hydrogen) atoms. The van der Waals surface area contributed by atoms with Gasteiger partial charge >= 0.3 is 0 Å². The molecule has 1 aliphatic rings. The van der Waals surface area contributed by atoms with Crippen LogP contribution in [0.1, 0.15) is 23.3 Å². The first-order valence-corrected chi connectivity index (χ1v) is 10.4. The Labute approximate surface area is 162 Å². The highest BCUT2D eigenvalue weighted by Crippen LogP contribution is 2.44. The smallest absolute Gasteiger partial charge is 0.117 e. The van der Waals surface area contributed by atoms with Gasteiger partial charge in [-0.3, -0.25) is 0 Å². The van der Waals surface area contributed by atoms with Gasteiger partial charge in [-0.25, -0.2) is 4.21 Å². The first kappa shape index (κ1) is 18.0. The Morgan fingerprint density at radius 3 is 2.70 bits per heavy atom. The minimum absolute atomic E-state index is 0.738. The monoisotopic (exact) mass is 380 g/mol. The Hall–Kier alpha value is -2.37. The molecule has 1 aliphatic heterocycles. The van der Waals surface area contributed by atoms with Crippen LogP contribution in [-0.2, 0) is 17.3 Å². The molecule has 4 rings (SSSR count). The van der Waals surface area contributed by atoms with E-state index in [0.717, 1.165) is 53.0 Å². The van der Waals surface area contributed by atoms with Crippen molar-refractivity contribution in [1.82, 2.24) is 5.32 Å². The standard InChI is InChI=1S/C22H24N2O2S/c1-16-10-11-21-22(17(16)2)24(19-8-3-4-9-20(19)27(21)25)13-6-12-23-15-18-7-5-14-26-18/h3-5,7-11,14,23H,6,12-13,15H2,1-2H3. The van der Waals surface area contributed by atoms with Gasteiger partial charge in [-0.2, -0.15) is 0 Å². The zero-order valence-corrected chi connectivity index (χ0v) is 16.5. The molecule has 0 saturated heterocycles. The van der Waals surface area contributed by atoms with Gasteiger partial charge in [-0.15, -0.1) is 0 Å². The maximum Gasteiger partial charge on any atom is 0.117 e. The number of hydrogen-bond donors (Lipinski definition) is 1. The Balaban J connectivity index is 1.55. The molecule has 2 heterocycles. The van der Waals surface area contributed by atoms with E-state index in [4.69, 9.17) is 4.42 Å². The first-order valence-electron chi connectivity index (χ1n) is 9.28. The predicted molar refractivity (Wildman–Crippen MR) is 109 cm³/mol. The zero-order chi connectivity index (χ0) is 18.8. The van der Waals surface area contributed by atoms with Gasteiger partial charge in [0.1, 0.15) is 5.76 Å². The fourth-order valence-corrected chi connectivity index (χ4v) is 4.99. The molecule has 1 atom stereocenters. The van der Waals surface area contributed by atoms with Crippen molar-refractivity contribution in [2.45, 2.75) is 36.6 Å². The second-order valence-corrected chi connectivity index (χ2v) is 8.27. The Morgan fingerprint density at radius 1 is 1.04 bits per heavy atom. The van der Waals surface area contributed by atoms with Gasteiger partial charge in [0, 0.05) is 6.54 Å². The number of para-hydroxylation sites is 1. The van der Waals surface area contributed by atoms with Gasteiger partial charge < -0.3 is 14.6 Å². The second-order valence-electron chi connectivity index (χ2n) is 6.85. The predicted octanol–water partition coefficient (Wildman–Crippen LogP) is 4.69. The van der Waals surface area contributed by atoms with Crippen molar-refractivity contribution >= 4 is 22.2 Å². The molecule has 0 radical (unpaired) electrons. The number of anilines is 2. The van der Waals surface area contributed by atoms with Gasteiger partial charge in [-0.1, -0.05) is 18.2 Å². The summed E-state index contributed by atoms with van der Waals surface area (Å²) in [6.45, 7) is 6.74. The summed E-state index contributed by atoms with van der Waals surface area (Å²) in [7, 11) is -1.13. The van der Waals surface area contributed by atoms with E-state index in [2.05, 4.69) is 36.2 Å². The molecule has 1 unspecified atom stereocenters. The molecule has 140 valence electrons. The largest absolute Gasteiger partial charge is 0.468 e. The average Bonchev–Trinajstić information content (AvgIpc) is 3.20. The van der Waals surface area contributed by atoms with Crippen LogP contribution >= 0.6 is 0 Å². The first-order chi connectivity index (χ1) is 13.2. The number of rotatable bonds is 6. The van der Waals surface area contributed by atoms with Crippen LogP contribution in [0.3, 0.4) is 0 Å². The zero-order valence-electron chi connectivity index (χ0n) is 15.7. The lowest BCUT2D eigenvalue weighted by Gasteiger charge is -2.34. The fourth-order valence-electron chi connectivity index (χ4n) is 3.56. The number of nitrogens with one attached hydrogen (secondary N) is 1. The van der Waals surface area contributed by atoms with Gasteiger partial charge in [-0.05, 0) is 68.3 Å². The van der Waals surface area contributed by atoms with E-state index >= 15 is 0 Å². The maximum atomic E-state index is 13.1. The number of aryl methyl sites for hydroxylation is 1. The van der Waals surface area contributed by atoms with Crippen LogP contribution in [0.25, 0.3) is 0 Å². The molecule has 1 aromatic heterocycles. The van der Waals surface area contributed by atoms with Crippen LogP contribution in [0.2, 0.25) is 0 Å². The Morgan fingerprint density at radius 2 is 1.89 bits per heavy atom. The molecule has 1 N–H and O–H groups in total. The summed E-state index contributed by atoms with van der Waals surface area (Å²) in [5.74, 6) is 0.950. The quantitative estimate of drug-likeness (QED) is 0.630. The molecule has 0 amide bonds. The maximum absolute atomic E-state index is 13.1. The van der Waals surface area contributed by atoms with Crippen LogP contribution in [0.5, 0.6) is 0 Å². The van der Waals surface area contributed by atoms with Crippen LogP contribution in [-0.4, -0.2) is 17.3 Å². The summed E-state index contributed by atoms with van der Waals surface area (Å²) >= 11 is 0. The van der Waals surface area contributed by atoms with Crippen molar-refractivity contribution in [3.63, 3.8) is 0 Å². The minimum atomic E-state index is -1.13. The van der Waals surface area contributed by atoms with Crippen molar-refractivity contribution in [2.75, 3.05) is 18.0 Å². The van der Waals surface area contributed by atoms with Gasteiger partial charge in [0.2, 0.25) is 0 Å². The molecule has 4 nitrogen and oxygen atoms in total. The molecule has 3 aromatic rings. The lowest BCUT2D eigenvalue weighted by molar-refractivity contribution is 0.481. The summed E-state index contributed by atoms with van der Waals surface area (Å²) in [4.78, 5) is 4.15. The van der Waals surface area contributed by atoms with Crippen LogP contribution in [0.4, 0.5) is 11.4 Å². The molecule has 0 saturated carbocycles. The molecular formula is C22H24N2O2S. The van der Waals surface area contributed by atoms with Crippen molar-refractivity contribution in [3.05, 3.63) is 71.7 Å². The van der Waals surface area contributed by atoms with E-state index in [1.54, 1.807) is 6.26 Å². The average molecular weight is 381 g/mol. The van der Waals surface area contributed by atoms with Crippen LogP contribution in [0, 0.1) is 13.8 Å². The highest BCUT2D eigenvalue weighted by Gasteiger charge is 2.29. The molecule has 5 heteroatoms. The molecule has 0 bridgehead atoms. The number of fused-ring (bicyclic) bond motifs is 2. The van der Waals surface area contributed by atoms with Crippen molar-refractivity contribution in [3.8, 4) is 0 Å². The van der Waals surface area contributed by atoms with E-state index in [0.29, 0.717) is 0 Å².